The molecule has 206 valence electrons. The van der Waals surface area contributed by atoms with Gasteiger partial charge < -0.3 is 19.7 Å². The van der Waals surface area contributed by atoms with E-state index < -0.39 is 5.97 Å². The molecule has 0 bridgehead atoms. The van der Waals surface area contributed by atoms with Gasteiger partial charge in [0.1, 0.15) is 5.82 Å². The first kappa shape index (κ1) is 26.0. The molecule has 0 aliphatic heterocycles. The van der Waals surface area contributed by atoms with Crippen LogP contribution in [0.5, 0.6) is 5.88 Å². The summed E-state index contributed by atoms with van der Waals surface area (Å²) >= 11 is 0. The lowest BCUT2D eigenvalue weighted by atomic mass is 9.50. The summed E-state index contributed by atoms with van der Waals surface area (Å²) in [6.07, 6.45) is 6.51. The van der Waals surface area contributed by atoms with E-state index in [0.717, 1.165) is 29.5 Å². The van der Waals surface area contributed by atoms with E-state index in [1.54, 1.807) is 18.3 Å². The third-order valence-corrected chi connectivity index (χ3v) is 8.64. The predicted molar refractivity (Wildman–Crippen MR) is 150 cm³/mol. The summed E-state index contributed by atoms with van der Waals surface area (Å²) in [6.45, 7) is 4.50. The summed E-state index contributed by atoms with van der Waals surface area (Å²) < 4.78 is 22.3. The Morgan fingerprint density at radius 3 is 2.55 bits per heavy atom. The first-order valence-corrected chi connectivity index (χ1v) is 13.8. The highest BCUT2D eigenvalue weighted by atomic mass is 19.1. The monoisotopic (exact) mass is 541 g/mol. The van der Waals surface area contributed by atoms with Gasteiger partial charge >= 0.3 is 5.97 Å². The van der Waals surface area contributed by atoms with Crippen LogP contribution in [0.25, 0.3) is 22.0 Å². The standard InChI is InChI=1S/C32H32FN3O4/c1-3-40-28-14-22(10-12-34-28)21-6-4-20(5-7-21)19(2)36-13-11-25-27(33)9-8-26(29(25)36)30(37)35-24-17-32(18-24)15-23(16-32)31(38)39/h4-14,19,23-24H,3,15-18H2,1-2H3,(H,35,37)(H,38,39)/t19-,23?,24?,32?/m1/s1. The molecule has 2 heterocycles. The molecule has 8 heteroatoms. The molecule has 6 rings (SSSR count). The second-order valence-electron chi connectivity index (χ2n) is 11.2. The number of carbonyl (C=O) groups excluding carboxylic acids is 1. The lowest BCUT2D eigenvalue weighted by Gasteiger charge is -2.56. The minimum atomic E-state index is -0.732. The first-order chi connectivity index (χ1) is 19.3. The molecule has 2 saturated carbocycles. The summed E-state index contributed by atoms with van der Waals surface area (Å²) in [5, 5.41) is 12.7. The van der Waals surface area contributed by atoms with Crippen LogP contribution in [-0.2, 0) is 4.79 Å². The smallest absolute Gasteiger partial charge is 0.306 e. The molecular weight excluding hydrogens is 509 g/mol. The number of benzene rings is 2. The number of fused-ring (bicyclic) bond motifs is 1. The Bertz CT molecular complexity index is 1580. The van der Waals surface area contributed by atoms with Gasteiger partial charge in [0.05, 0.1) is 29.6 Å². The van der Waals surface area contributed by atoms with Crippen molar-refractivity contribution in [3.63, 3.8) is 0 Å². The second-order valence-corrected chi connectivity index (χ2v) is 11.2. The van der Waals surface area contributed by atoms with Gasteiger partial charge in [-0.1, -0.05) is 24.3 Å². The number of carboxylic acids is 1. The topological polar surface area (TPSA) is 93.5 Å². The number of nitrogens with zero attached hydrogens (tertiary/aromatic N) is 2. The third-order valence-electron chi connectivity index (χ3n) is 8.64. The normalized spacial score (nSPS) is 22.4. The Morgan fingerprint density at radius 2 is 1.85 bits per heavy atom. The molecule has 40 heavy (non-hydrogen) atoms. The quantitative estimate of drug-likeness (QED) is 0.276. The van der Waals surface area contributed by atoms with Gasteiger partial charge in [0, 0.05) is 29.9 Å². The minimum Gasteiger partial charge on any atom is -0.481 e. The first-order valence-electron chi connectivity index (χ1n) is 13.8. The Balaban J connectivity index is 1.21. The van der Waals surface area contributed by atoms with E-state index in [4.69, 9.17) is 4.74 Å². The maximum absolute atomic E-state index is 14.8. The van der Waals surface area contributed by atoms with Crippen LogP contribution in [0.3, 0.4) is 0 Å². The van der Waals surface area contributed by atoms with Crippen molar-refractivity contribution in [2.24, 2.45) is 11.3 Å². The number of amides is 1. The van der Waals surface area contributed by atoms with E-state index in [2.05, 4.69) is 10.3 Å². The fourth-order valence-electron chi connectivity index (χ4n) is 6.53. The van der Waals surface area contributed by atoms with E-state index >= 15 is 0 Å². The minimum absolute atomic E-state index is 0.00663. The average Bonchev–Trinajstić information content (AvgIpc) is 3.35. The molecule has 1 atom stereocenters. The zero-order chi connectivity index (χ0) is 28.0. The van der Waals surface area contributed by atoms with Crippen molar-refractivity contribution >= 4 is 22.8 Å². The van der Waals surface area contributed by atoms with Crippen molar-refractivity contribution in [2.75, 3.05) is 6.61 Å². The summed E-state index contributed by atoms with van der Waals surface area (Å²) in [4.78, 5) is 28.8. The van der Waals surface area contributed by atoms with Gasteiger partial charge in [0.25, 0.3) is 5.91 Å². The van der Waals surface area contributed by atoms with E-state index in [0.29, 0.717) is 41.8 Å². The number of pyridine rings is 1. The van der Waals surface area contributed by atoms with E-state index in [-0.39, 0.29) is 35.1 Å². The van der Waals surface area contributed by atoms with Crippen LogP contribution in [0.1, 0.15) is 61.5 Å². The molecule has 2 aromatic carbocycles. The van der Waals surface area contributed by atoms with Crippen molar-refractivity contribution in [1.29, 1.82) is 0 Å². The lowest BCUT2D eigenvalue weighted by molar-refractivity contribution is -0.155. The maximum atomic E-state index is 14.8. The molecule has 2 aliphatic rings. The van der Waals surface area contributed by atoms with Crippen LogP contribution in [0, 0.1) is 17.2 Å². The molecule has 4 aromatic rings. The molecule has 1 spiro atoms. The number of aromatic nitrogens is 2. The molecule has 2 N–H and O–H groups in total. The molecule has 0 radical (unpaired) electrons. The number of aliphatic carboxylic acids is 1. The molecule has 7 nitrogen and oxygen atoms in total. The van der Waals surface area contributed by atoms with Gasteiger partial charge in [0.15, 0.2) is 0 Å². The molecule has 2 aromatic heterocycles. The largest absolute Gasteiger partial charge is 0.481 e. The third kappa shape index (κ3) is 4.61. The van der Waals surface area contributed by atoms with Gasteiger partial charge in [-0.05, 0) is 85.9 Å². The van der Waals surface area contributed by atoms with E-state index in [9.17, 15) is 19.1 Å². The Labute approximate surface area is 232 Å². The van der Waals surface area contributed by atoms with Gasteiger partial charge in [-0.15, -0.1) is 0 Å². The molecule has 2 fully saturated rings. The van der Waals surface area contributed by atoms with Crippen LogP contribution in [-0.4, -0.2) is 39.2 Å². The van der Waals surface area contributed by atoms with Crippen molar-refractivity contribution in [1.82, 2.24) is 14.9 Å². The predicted octanol–water partition coefficient (Wildman–Crippen LogP) is 6.22. The zero-order valence-corrected chi connectivity index (χ0v) is 22.6. The van der Waals surface area contributed by atoms with Crippen LogP contribution >= 0.6 is 0 Å². The van der Waals surface area contributed by atoms with Crippen molar-refractivity contribution < 1.29 is 23.8 Å². The number of hydrogen-bond acceptors (Lipinski definition) is 4. The average molecular weight is 542 g/mol. The Morgan fingerprint density at radius 1 is 1.10 bits per heavy atom. The second kappa shape index (κ2) is 10.1. The van der Waals surface area contributed by atoms with Gasteiger partial charge in [-0.25, -0.2) is 9.37 Å². The van der Waals surface area contributed by atoms with Crippen molar-refractivity contribution in [2.45, 2.75) is 51.6 Å². The number of rotatable bonds is 8. The molecule has 0 unspecified atom stereocenters. The van der Waals surface area contributed by atoms with Crippen LogP contribution in [0.4, 0.5) is 4.39 Å². The number of hydrogen-bond donors (Lipinski definition) is 2. The van der Waals surface area contributed by atoms with Gasteiger partial charge in [0.2, 0.25) is 5.88 Å². The van der Waals surface area contributed by atoms with E-state index in [1.165, 1.54) is 6.07 Å². The zero-order valence-electron chi connectivity index (χ0n) is 22.6. The van der Waals surface area contributed by atoms with Gasteiger partial charge in [-0.3, -0.25) is 9.59 Å². The molecule has 0 saturated heterocycles. The van der Waals surface area contributed by atoms with Crippen LogP contribution in [0.2, 0.25) is 0 Å². The van der Waals surface area contributed by atoms with Crippen molar-refractivity contribution in [3.05, 3.63) is 83.9 Å². The lowest BCUT2D eigenvalue weighted by Crippen LogP contribution is -2.57. The number of ether oxygens (including phenoxy) is 1. The van der Waals surface area contributed by atoms with Crippen molar-refractivity contribution in [3.8, 4) is 17.0 Å². The highest BCUT2D eigenvalue weighted by Crippen LogP contribution is 2.58. The molecule has 1 amide bonds. The summed E-state index contributed by atoms with van der Waals surface area (Å²) in [5.41, 5.74) is 4.11. The van der Waals surface area contributed by atoms with Gasteiger partial charge in [-0.2, -0.15) is 0 Å². The van der Waals surface area contributed by atoms with Crippen LogP contribution in [0.15, 0.2) is 67.0 Å². The molecule has 2 aliphatic carbocycles. The fourth-order valence-corrected chi connectivity index (χ4v) is 6.53. The highest BCUT2D eigenvalue weighted by molar-refractivity contribution is 6.06. The fraction of sp³-hybridized carbons (Fsp3) is 0.344. The number of carbonyl (C=O) groups is 2. The van der Waals surface area contributed by atoms with E-state index in [1.807, 2.05) is 61.0 Å². The SMILES string of the molecule is CCOc1cc(-c2ccc([C@@H](C)n3ccc4c(F)ccc(C(=O)NC5CC6(C5)CC(C(=O)O)C6)c43)cc2)ccn1. The van der Waals surface area contributed by atoms with Crippen LogP contribution < -0.4 is 10.1 Å². The molecular formula is C32H32FN3O4. The summed E-state index contributed by atoms with van der Waals surface area (Å²) in [7, 11) is 0. The number of halogens is 1. The Kier molecular flexibility index (Phi) is 6.56. The number of carboxylic acid groups (broad SMARTS) is 1. The summed E-state index contributed by atoms with van der Waals surface area (Å²) in [5.74, 6) is -1.01. The Hall–Kier alpha value is -4.20. The highest BCUT2D eigenvalue weighted by Gasteiger charge is 2.55. The summed E-state index contributed by atoms with van der Waals surface area (Å²) in [6, 6.07) is 16.5. The maximum Gasteiger partial charge on any atom is 0.306 e. The number of nitrogens with one attached hydrogen (secondary N) is 1.